The molecule has 19 nitrogen and oxygen atoms in total. The minimum atomic E-state index is -1.39. The number of hydrogen-bond acceptors (Lipinski definition) is 13. The number of ether oxygens (including phenoxy) is 1. The fourth-order valence-electron chi connectivity index (χ4n) is 13.2. The Morgan fingerprint density at radius 3 is 1.49 bits per heavy atom. The molecule has 2 aromatic carbocycles. The number of Topliss-reactive ketones (excluding diaryl/α,β-unsaturated/α-hetero) is 5. The average molecular weight is 1420 g/mol. The summed E-state index contributed by atoms with van der Waals surface area (Å²) in [7, 11) is 5.91. The first kappa shape index (κ1) is 90.8. The van der Waals surface area contributed by atoms with Crippen LogP contribution in [0.3, 0.4) is 0 Å². The number of nitrogens with one attached hydrogen (secondary N) is 2. The molecule has 0 aliphatic carbocycles. The minimum absolute atomic E-state index is 0.0517. The van der Waals surface area contributed by atoms with Crippen LogP contribution in [0.2, 0.25) is 0 Å². The number of amides is 6. The maximum atomic E-state index is 14.9. The van der Waals surface area contributed by atoms with Crippen molar-refractivity contribution < 1.29 is 62.6 Å². The number of benzene rings is 2. The second-order valence-electron chi connectivity index (χ2n) is 30.9. The molecule has 1 aliphatic rings. The molecule has 1 aliphatic heterocycles. The molecule has 102 heavy (non-hydrogen) atoms. The molecule has 0 radical (unpaired) electrons. The van der Waals surface area contributed by atoms with Gasteiger partial charge >= 0.3 is 0 Å². The van der Waals surface area contributed by atoms with Gasteiger partial charge in [0.05, 0.1) is 48.9 Å². The van der Waals surface area contributed by atoms with Crippen molar-refractivity contribution in [2.75, 3.05) is 34.8 Å². The quantitative estimate of drug-likeness (QED) is 0.0984. The summed E-state index contributed by atoms with van der Waals surface area (Å²) >= 11 is 0. The lowest BCUT2D eigenvalue weighted by molar-refractivity contribution is -0.148. The zero-order valence-electron chi connectivity index (χ0n) is 66.0. The number of aliphatic hydroxyl groups is 1. The lowest BCUT2D eigenvalue weighted by atomic mass is 9.82. The van der Waals surface area contributed by atoms with Crippen LogP contribution in [0.25, 0.3) is 12.2 Å². The number of carbonyl (C=O) groups excluding carboxylic acids is 11. The number of allylic oxidation sites excluding steroid dienone is 3. The smallest absolute Gasteiger partial charge is 0.245 e. The molecule has 6 amide bonds. The Bertz CT molecular complexity index is 3080. The van der Waals surface area contributed by atoms with E-state index < -0.39 is 161 Å². The molecule has 19 heteroatoms. The van der Waals surface area contributed by atoms with E-state index in [0.717, 1.165) is 17.9 Å². The van der Waals surface area contributed by atoms with E-state index in [1.165, 1.54) is 60.3 Å². The van der Waals surface area contributed by atoms with E-state index in [-0.39, 0.29) is 82.1 Å². The summed E-state index contributed by atoms with van der Waals surface area (Å²) in [5, 5.41) is 17.5. The molecule has 2 aromatic rings. The summed E-state index contributed by atoms with van der Waals surface area (Å²) in [6.45, 7) is 33.0. The van der Waals surface area contributed by atoms with E-state index in [2.05, 4.69) is 60.9 Å². The zero-order valence-corrected chi connectivity index (χ0v) is 66.0. The molecule has 1 saturated heterocycles. The Kier molecular flexibility index (Phi) is 40.8. The molecule has 1 heterocycles. The van der Waals surface area contributed by atoms with Gasteiger partial charge in [0.25, 0.3) is 0 Å². The molecule has 13 atom stereocenters. The summed E-state index contributed by atoms with van der Waals surface area (Å²) < 4.78 is 6.24. The Morgan fingerprint density at radius 1 is 0.500 bits per heavy atom. The molecule has 0 saturated carbocycles. The highest BCUT2D eigenvalue weighted by atomic mass is 16.5. The summed E-state index contributed by atoms with van der Waals surface area (Å²) in [4.78, 5) is 166. The van der Waals surface area contributed by atoms with Crippen LogP contribution < -0.4 is 10.6 Å². The van der Waals surface area contributed by atoms with Crippen LogP contribution >= 0.6 is 0 Å². The second-order valence-corrected chi connectivity index (χ2v) is 30.9. The van der Waals surface area contributed by atoms with Crippen LogP contribution in [-0.2, 0) is 57.5 Å². The molecule has 3 N–H and O–H groups in total. The van der Waals surface area contributed by atoms with Crippen molar-refractivity contribution >= 4 is 76.5 Å². The SMILES string of the molecule is C/C=C/C[C@@H](C)[C@@H](O)[C@@H]1CC(=O)[C@H](C(C)C)N(C)C(=O)[C@H](CC(C)C)CC(=O)[C@H](CC(C)C)N(C)C(=O)[C@@H](C)NC(=O)[C@H](C)CC(=O)[C@H](CC(C)C)N(C)C(=O)[C@H](C(C)C)CC(=O)[C@H]([C@@H](C)OC/C=C/c2ccccc2)N(C)C(=O)CCC(=O)[C@H](CC)NC1=O.CC(C)C/C=C/c1ccccc1. The summed E-state index contributed by atoms with van der Waals surface area (Å²) in [6, 6.07) is 13.2. The van der Waals surface area contributed by atoms with Gasteiger partial charge in [-0.25, -0.2) is 0 Å². The van der Waals surface area contributed by atoms with Crippen molar-refractivity contribution in [3.8, 4) is 0 Å². The molecular formula is C83H130N6O13. The van der Waals surface area contributed by atoms with Crippen molar-refractivity contribution in [2.24, 2.45) is 65.1 Å². The normalized spacial score (nSPS) is 24.7. The van der Waals surface area contributed by atoms with E-state index in [4.69, 9.17) is 4.74 Å². The van der Waals surface area contributed by atoms with E-state index in [1.807, 2.05) is 97.0 Å². The van der Waals surface area contributed by atoms with Gasteiger partial charge in [-0.2, -0.15) is 0 Å². The highest BCUT2D eigenvalue weighted by molar-refractivity contribution is 5.99. The number of ketones is 5. The number of aliphatic hydroxyl groups excluding tert-OH is 1. The minimum Gasteiger partial charge on any atom is -0.392 e. The van der Waals surface area contributed by atoms with Crippen LogP contribution in [0.1, 0.15) is 213 Å². The number of likely N-dealkylation sites (N-methyl/N-ethyl adjacent to an activating group) is 4. The molecule has 1 fully saturated rings. The Labute approximate surface area is 612 Å². The van der Waals surface area contributed by atoms with E-state index in [0.29, 0.717) is 6.42 Å². The number of carbonyl (C=O) groups is 11. The Hall–Kier alpha value is -7.25. The average Bonchev–Trinajstić information content (AvgIpc) is 0.825. The number of rotatable bonds is 21. The fourth-order valence-corrected chi connectivity index (χ4v) is 13.2. The molecule has 0 aromatic heterocycles. The van der Waals surface area contributed by atoms with Crippen molar-refractivity contribution in [2.45, 2.75) is 250 Å². The number of hydrogen-bond donors (Lipinski definition) is 3. The monoisotopic (exact) mass is 1420 g/mol. The predicted molar refractivity (Wildman–Crippen MR) is 407 cm³/mol. The second kappa shape index (κ2) is 45.8. The highest BCUT2D eigenvalue weighted by Gasteiger charge is 2.43. The third kappa shape index (κ3) is 30.2. The topological polar surface area (TPSA) is 254 Å². The van der Waals surface area contributed by atoms with Gasteiger partial charge in [-0.05, 0) is 112 Å². The van der Waals surface area contributed by atoms with Crippen molar-refractivity contribution in [1.29, 1.82) is 0 Å². The summed E-state index contributed by atoms with van der Waals surface area (Å²) in [5.41, 5.74) is 2.20. The van der Waals surface area contributed by atoms with Gasteiger partial charge in [-0.3, -0.25) is 52.7 Å². The molecule has 0 spiro atoms. The van der Waals surface area contributed by atoms with Crippen molar-refractivity contribution in [3.05, 3.63) is 96.1 Å². The molecule has 570 valence electrons. The van der Waals surface area contributed by atoms with Gasteiger partial charge in [-0.1, -0.05) is 201 Å². The van der Waals surface area contributed by atoms with Gasteiger partial charge in [-0.15, -0.1) is 0 Å². The first-order valence-corrected chi connectivity index (χ1v) is 37.4. The molecule has 0 unspecified atom stereocenters. The first-order chi connectivity index (χ1) is 47.8. The van der Waals surface area contributed by atoms with E-state index in [9.17, 15) is 57.8 Å². The Morgan fingerprint density at radius 2 is 1.00 bits per heavy atom. The molecule has 3 rings (SSSR count). The lowest BCUT2D eigenvalue weighted by Crippen LogP contribution is -2.53. The largest absolute Gasteiger partial charge is 0.392 e. The van der Waals surface area contributed by atoms with E-state index in [1.54, 1.807) is 67.5 Å². The van der Waals surface area contributed by atoms with Crippen molar-refractivity contribution in [3.63, 3.8) is 0 Å². The standard InChI is InChI=1S/C71H114N6O13.C12H16/c1-21-23-28-47(13)66(84)54-41-61(81)64(46(11)12)77(20)70(88)52(35-42(3)4)39-60(80)57(37-44(7)8)74(17)69(87)49(15)72-67(85)48(14)38-59(79)56(36-43(5)6)75(18)71(89)53(45(9)10)40-62(82)65(50(16)90-34-27-31-51-29-25-24-26-30-51)76(19)63(83)33-32-58(78)55(22-2)73-68(54)86;1-11(2)7-6-10-12-8-4-3-5-9-12/h21,23-27,29-31,42-50,52-57,64-66,84H,22,28,32-41H2,1-20H3,(H,72,85)(H,73,86);3-6,8-11H,7H2,1-2H3/b23-21+,31-27+;10-6+/t47-,48-,49-,50-,52-,53+,54+,55+,56+,57+,64+,65+,66-;/m1./s1. The maximum Gasteiger partial charge on any atom is 0.245 e. The summed E-state index contributed by atoms with van der Waals surface area (Å²) in [6.07, 6.45) is 9.49. The van der Waals surface area contributed by atoms with Crippen LogP contribution in [0.5, 0.6) is 0 Å². The first-order valence-electron chi connectivity index (χ1n) is 37.4. The Balaban J connectivity index is 0.00000265. The zero-order chi connectivity index (χ0) is 77.4. The molecule has 0 bridgehead atoms. The fraction of sp³-hybridized carbons (Fsp3) is 0.651. The number of nitrogens with zero attached hydrogens (tertiary/aromatic N) is 4. The highest BCUT2D eigenvalue weighted by Crippen LogP contribution is 2.30. The summed E-state index contributed by atoms with van der Waals surface area (Å²) in [5.74, 6) is -11.1. The van der Waals surface area contributed by atoms with Gasteiger partial charge in [0.1, 0.15) is 12.1 Å². The van der Waals surface area contributed by atoms with Gasteiger partial charge < -0.3 is 40.1 Å². The lowest BCUT2D eigenvalue weighted by Gasteiger charge is -2.36. The van der Waals surface area contributed by atoms with Crippen molar-refractivity contribution in [1.82, 2.24) is 30.2 Å². The van der Waals surface area contributed by atoms with Gasteiger partial charge in [0, 0.05) is 84.5 Å². The predicted octanol–water partition coefficient (Wildman–Crippen LogP) is 12.7. The van der Waals surface area contributed by atoms with Gasteiger partial charge in [0.2, 0.25) is 35.4 Å². The van der Waals surface area contributed by atoms with Gasteiger partial charge in [0.15, 0.2) is 28.9 Å². The maximum absolute atomic E-state index is 14.9. The van der Waals surface area contributed by atoms with Crippen LogP contribution in [0, 0.1) is 65.1 Å². The third-order valence-corrected chi connectivity index (χ3v) is 19.3. The van der Waals surface area contributed by atoms with Crippen LogP contribution in [0.4, 0.5) is 0 Å². The van der Waals surface area contributed by atoms with Crippen LogP contribution in [-0.4, -0.2) is 172 Å². The van der Waals surface area contributed by atoms with E-state index >= 15 is 0 Å². The van der Waals surface area contributed by atoms with Crippen LogP contribution in [0.15, 0.2) is 85.0 Å². The molecular weight excluding hydrogens is 1290 g/mol. The third-order valence-electron chi connectivity index (χ3n) is 19.3.